The second-order valence-electron chi connectivity index (χ2n) is 10.7. The lowest BCUT2D eigenvalue weighted by Gasteiger charge is -2.43. The average Bonchev–Trinajstić information content (AvgIpc) is 3.39. The molecule has 0 unspecified atom stereocenters. The fraction of sp³-hybridized carbons (Fsp3) is 0.483. The first kappa shape index (κ1) is 25.3. The molecule has 2 atom stereocenters. The minimum absolute atomic E-state index is 0.0906. The topological polar surface area (TPSA) is 69.5 Å². The number of anilines is 2. The third-order valence-corrected chi connectivity index (χ3v) is 7.65. The summed E-state index contributed by atoms with van der Waals surface area (Å²) in [5, 5.41) is 14.3. The maximum atomic E-state index is 13.3. The van der Waals surface area contributed by atoms with Crippen LogP contribution < -0.4 is 15.2 Å². The summed E-state index contributed by atoms with van der Waals surface area (Å²) in [6, 6.07) is 18.9. The number of urea groups is 1. The molecular weight excluding hydrogens is 462 g/mol. The van der Waals surface area contributed by atoms with Crippen LogP contribution >= 0.6 is 0 Å². The van der Waals surface area contributed by atoms with Gasteiger partial charge < -0.3 is 10.3 Å². The molecule has 1 aromatic heterocycles. The zero-order valence-corrected chi connectivity index (χ0v) is 22.5. The Morgan fingerprint density at radius 1 is 1.00 bits per heavy atom. The summed E-state index contributed by atoms with van der Waals surface area (Å²) >= 11 is 0. The van der Waals surface area contributed by atoms with E-state index >= 15 is 0 Å². The Balaban J connectivity index is 1.23. The van der Waals surface area contributed by atoms with E-state index in [0.29, 0.717) is 24.5 Å². The zero-order valence-electron chi connectivity index (χ0n) is 22.5. The molecule has 2 aromatic carbocycles. The SMILES string of the molecule is Cc1ccc(NC(=O)N(CCCN2[C@@H]3CC[C@@H]2CN(n2c(C)nnc2C(C)C)C3)c2ccccc2)cc1. The van der Waals surface area contributed by atoms with Crippen molar-refractivity contribution in [3.63, 3.8) is 0 Å². The predicted octanol–water partition coefficient (Wildman–Crippen LogP) is 4.93. The lowest BCUT2D eigenvalue weighted by atomic mass is 10.2. The number of fused-ring (bicyclic) bond motifs is 2. The van der Waals surface area contributed by atoms with Crippen LogP contribution in [0, 0.1) is 13.8 Å². The Morgan fingerprint density at radius 3 is 2.32 bits per heavy atom. The molecule has 5 rings (SSSR count). The Labute approximate surface area is 220 Å². The van der Waals surface area contributed by atoms with Gasteiger partial charge in [0.2, 0.25) is 0 Å². The highest BCUT2D eigenvalue weighted by Gasteiger charge is 2.40. The number of aromatic nitrogens is 3. The van der Waals surface area contributed by atoms with Crippen molar-refractivity contribution in [1.82, 2.24) is 19.8 Å². The first-order valence-electron chi connectivity index (χ1n) is 13.5. The summed E-state index contributed by atoms with van der Waals surface area (Å²) in [5.74, 6) is 2.35. The third-order valence-electron chi connectivity index (χ3n) is 7.65. The molecule has 2 amide bonds. The predicted molar refractivity (Wildman–Crippen MR) is 149 cm³/mol. The molecule has 3 heterocycles. The second kappa shape index (κ2) is 10.9. The highest BCUT2D eigenvalue weighted by molar-refractivity contribution is 6.01. The van der Waals surface area contributed by atoms with Gasteiger partial charge in [-0.05, 0) is 57.4 Å². The Hall–Kier alpha value is -3.39. The van der Waals surface area contributed by atoms with Gasteiger partial charge in [-0.3, -0.25) is 9.80 Å². The number of aryl methyl sites for hydroxylation is 2. The van der Waals surface area contributed by atoms with Gasteiger partial charge in [-0.15, -0.1) is 10.2 Å². The molecule has 2 fully saturated rings. The zero-order chi connectivity index (χ0) is 25.9. The molecule has 0 saturated carbocycles. The molecule has 0 aliphatic carbocycles. The standard InChI is InChI=1S/C29H39N7O/c1-21(2)28-32-31-23(4)36(28)33-19-26-15-16-27(20-33)34(26)17-8-18-35(25-9-6-5-7-10-25)29(37)30-24-13-11-22(3)12-14-24/h5-7,9-14,21,26-27H,8,15-20H2,1-4H3,(H,30,37)/t26-,27-/m1/s1. The van der Waals surface area contributed by atoms with Crippen molar-refractivity contribution < 1.29 is 4.79 Å². The van der Waals surface area contributed by atoms with Gasteiger partial charge in [0.1, 0.15) is 5.82 Å². The first-order chi connectivity index (χ1) is 17.9. The molecule has 37 heavy (non-hydrogen) atoms. The highest BCUT2D eigenvalue weighted by Crippen LogP contribution is 2.31. The monoisotopic (exact) mass is 501 g/mol. The van der Waals surface area contributed by atoms with Crippen LogP contribution in [0.2, 0.25) is 0 Å². The normalized spacial score (nSPS) is 19.4. The van der Waals surface area contributed by atoms with Gasteiger partial charge in [0, 0.05) is 42.5 Å². The van der Waals surface area contributed by atoms with Gasteiger partial charge in [-0.1, -0.05) is 49.7 Å². The van der Waals surface area contributed by atoms with E-state index in [1.165, 1.54) is 18.4 Å². The lowest BCUT2D eigenvalue weighted by Crippen LogP contribution is -2.58. The molecule has 3 aromatic rings. The summed E-state index contributed by atoms with van der Waals surface area (Å²) in [7, 11) is 0. The van der Waals surface area contributed by atoms with Crippen LogP contribution in [-0.4, -0.2) is 64.1 Å². The van der Waals surface area contributed by atoms with E-state index < -0.39 is 0 Å². The maximum absolute atomic E-state index is 13.3. The first-order valence-corrected chi connectivity index (χ1v) is 13.5. The van der Waals surface area contributed by atoms with Crippen LogP contribution in [0.4, 0.5) is 16.2 Å². The molecule has 1 N–H and O–H groups in total. The van der Waals surface area contributed by atoms with Crippen molar-refractivity contribution in [3.8, 4) is 0 Å². The third kappa shape index (κ3) is 5.49. The van der Waals surface area contributed by atoms with Gasteiger partial charge in [0.15, 0.2) is 5.82 Å². The quantitative estimate of drug-likeness (QED) is 0.474. The van der Waals surface area contributed by atoms with Gasteiger partial charge >= 0.3 is 6.03 Å². The van der Waals surface area contributed by atoms with Crippen molar-refractivity contribution in [2.24, 2.45) is 0 Å². The smallest absolute Gasteiger partial charge is 0.308 e. The van der Waals surface area contributed by atoms with Crippen molar-refractivity contribution in [1.29, 1.82) is 0 Å². The molecular formula is C29H39N7O. The lowest BCUT2D eigenvalue weighted by molar-refractivity contribution is 0.152. The Morgan fingerprint density at radius 2 is 1.68 bits per heavy atom. The molecule has 8 heteroatoms. The number of nitrogens with zero attached hydrogens (tertiary/aromatic N) is 6. The number of amides is 2. The molecule has 0 spiro atoms. The van der Waals surface area contributed by atoms with E-state index in [4.69, 9.17) is 0 Å². The number of carbonyl (C=O) groups is 1. The fourth-order valence-electron chi connectivity index (χ4n) is 5.78. The number of hydrogen-bond acceptors (Lipinski definition) is 5. The van der Waals surface area contributed by atoms with Gasteiger partial charge in [0.05, 0.1) is 13.1 Å². The minimum atomic E-state index is -0.0906. The van der Waals surface area contributed by atoms with Crippen molar-refractivity contribution in [2.45, 2.75) is 65.0 Å². The van der Waals surface area contributed by atoms with Gasteiger partial charge in [-0.25, -0.2) is 9.47 Å². The van der Waals surface area contributed by atoms with E-state index in [-0.39, 0.29) is 6.03 Å². The molecule has 196 valence electrons. The van der Waals surface area contributed by atoms with E-state index in [2.05, 4.69) is 43.9 Å². The van der Waals surface area contributed by atoms with E-state index in [0.717, 1.165) is 49.1 Å². The van der Waals surface area contributed by atoms with E-state index in [1.807, 2.05) is 73.3 Å². The number of carbonyl (C=O) groups excluding carboxylic acids is 1. The number of nitrogens with one attached hydrogen (secondary N) is 1. The number of piperazine rings is 1. The molecule has 2 aliphatic rings. The van der Waals surface area contributed by atoms with Crippen LogP contribution in [0.5, 0.6) is 0 Å². The molecule has 2 saturated heterocycles. The van der Waals surface area contributed by atoms with Crippen LogP contribution in [0.1, 0.15) is 56.2 Å². The number of benzene rings is 2. The van der Waals surface area contributed by atoms with Crippen LogP contribution in [0.15, 0.2) is 54.6 Å². The number of hydrogen-bond donors (Lipinski definition) is 1. The summed E-state index contributed by atoms with van der Waals surface area (Å²) < 4.78 is 2.25. The summed E-state index contributed by atoms with van der Waals surface area (Å²) in [6.45, 7) is 12.1. The molecule has 8 nitrogen and oxygen atoms in total. The molecule has 2 bridgehead atoms. The maximum Gasteiger partial charge on any atom is 0.326 e. The molecule has 2 aliphatic heterocycles. The van der Waals surface area contributed by atoms with Crippen LogP contribution in [0.25, 0.3) is 0 Å². The Bertz CT molecular complexity index is 1180. The van der Waals surface area contributed by atoms with Crippen LogP contribution in [-0.2, 0) is 0 Å². The number of rotatable bonds is 8. The summed E-state index contributed by atoms with van der Waals surface area (Å²) in [5.41, 5.74) is 2.91. The van der Waals surface area contributed by atoms with Gasteiger partial charge in [-0.2, -0.15) is 0 Å². The largest absolute Gasteiger partial charge is 0.326 e. The van der Waals surface area contributed by atoms with Crippen LogP contribution in [0.3, 0.4) is 0 Å². The highest BCUT2D eigenvalue weighted by atomic mass is 16.2. The number of para-hydroxylation sites is 1. The second-order valence-corrected chi connectivity index (χ2v) is 10.7. The van der Waals surface area contributed by atoms with E-state index in [9.17, 15) is 4.79 Å². The van der Waals surface area contributed by atoms with Gasteiger partial charge in [0.25, 0.3) is 0 Å². The average molecular weight is 502 g/mol. The minimum Gasteiger partial charge on any atom is -0.308 e. The summed E-state index contributed by atoms with van der Waals surface area (Å²) in [6.07, 6.45) is 3.36. The van der Waals surface area contributed by atoms with Crippen molar-refractivity contribution in [3.05, 3.63) is 71.8 Å². The summed E-state index contributed by atoms with van der Waals surface area (Å²) in [4.78, 5) is 17.8. The fourth-order valence-corrected chi connectivity index (χ4v) is 5.78. The van der Waals surface area contributed by atoms with Crippen molar-refractivity contribution in [2.75, 3.05) is 41.4 Å². The van der Waals surface area contributed by atoms with Crippen molar-refractivity contribution >= 4 is 17.4 Å². The Kier molecular flexibility index (Phi) is 7.46. The molecule has 0 radical (unpaired) electrons. The van der Waals surface area contributed by atoms with E-state index in [1.54, 1.807) is 0 Å².